The van der Waals surface area contributed by atoms with Crippen molar-refractivity contribution in [1.82, 2.24) is 9.13 Å². The molecule has 17 rings (SSSR count). The molecule has 0 atom stereocenters. The maximum absolute atomic E-state index is 7.33. The van der Waals surface area contributed by atoms with Crippen molar-refractivity contribution in [1.29, 1.82) is 0 Å². The van der Waals surface area contributed by atoms with Gasteiger partial charge in [0.25, 0.3) is 13.4 Å². The van der Waals surface area contributed by atoms with Crippen molar-refractivity contribution in [2.75, 3.05) is 0 Å². The van der Waals surface area contributed by atoms with Crippen LogP contribution in [-0.4, -0.2) is 22.6 Å². The Labute approximate surface area is 383 Å². The van der Waals surface area contributed by atoms with Gasteiger partial charge in [0.1, 0.15) is 34.2 Å². The van der Waals surface area contributed by atoms with Crippen LogP contribution in [0.5, 0.6) is 23.0 Å². The van der Waals surface area contributed by atoms with Crippen molar-refractivity contribution >= 4 is 112 Å². The molecule has 3 aromatic heterocycles. The maximum atomic E-state index is 7.33. The summed E-state index contributed by atoms with van der Waals surface area (Å²) in [4.78, 5) is 0. The first-order valence-electron chi connectivity index (χ1n) is 23.1. The fraction of sp³-hybridized carbons (Fsp3) is 0. The first kappa shape index (κ1) is 34.7. The maximum Gasteiger partial charge on any atom is 0.260 e. The highest BCUT2D eigenvalue weighted by Gasteiger charge is 2.43. The molecule has 13 aromatic rings. The largest absolute Gasteiger partial charge is 0.458 e. The predicted octanol–water partition coefficient (Wildman–Crippen LogP) is 11.0. The second-order valence-electron chi connectivity index (χ2n) is 18.6. The monoisotopic (exact) mass is 850 g/mol. The Balaban J connectivity index is 0.939. The van der Waals surface area contributed by atoms with Gasteiger partial charge in [0.2, 0.25) is 0 Å². The summed E-state index contributed by atoms with van der Waals surface area (Å²) in [6.45, 7) is 0.0390. The lowest BCUT2D eigenvalue weighted by Crippen LogP contribution is -2.59. The molecule has 0 radical (unpaired) electrons. The summed E-state index contributed by atoms with van der Waals surface area (Å²) < 4.78 is 26.0. The topological polar surface area (TPSA) is 41.5 Å². The van der Waals surface area contributed by atoms with E-state index in [-0.39, 0.29) is 13.4 Å². The Hall–Kier alpha value is -8.67. The average Bonchev–Trinajstić information content (AvgIpc) is 4.06. The van der Waals surface area contributed by atoms with E-state index in [4.69, 9.17) is 13.9 Å². The molecule has 7 heteroatoms. The van der Waals surface area contributed by atoms with Crippen LogP contribution in [0.2, 0.25) is 0 Å². The van der Waals surface area contributed by atoms with Crippen molar-refractivity contribution in [3.8, 4) is 56.6 Å². The quantitative estimate of drug-likeness (QED) is 0.163. The molecular weight excluding hydrogens is 818 g/mol. The van der Waals surface area contributed by atoms with E-state index in [9.17, 15) is 0 Å². The third kappa shape index (κ3) is 4.20. The third-order valence-electron chi connectivity index (χ3n) is 15.4. The van der Waals surface area contributed by atoms with Crippen LogP contribution in [0.1, 0.15) is 0 Å². The lowest BCUT2D eigenvalue weighted by Gasteiger charge is -2.34. The van der Waals surface area contributed by atoms with Crippen LogP contribution >= 0.6 is 0 Å². The molecule has 67 heavy (non-hydrogen) atoms. The number of ether oxygens (including phenoxy) is 2. The number of furan rings is 1. The van der Waals surface area contributed by atoms with Gasteiger partial charge in [-0.15, -0.1) is 0 Å². The van der Waals surface area contributed by atoms with Crippen molar-refractivity contribution in [3.05, 3.63) is 194 Å². The normalized spacial score (nSPS) is 13.6. The summed E-state index contributed by atoms with van der Waals surface area (Å²) in [5, 5.41) is 7.24. The van der Waals surface area contributed by atoms with Gasteiger partial charge in [-0.05, 0) is 81.4 Å². The average molecular weight is 851 g/mol. The summed E-state index contributed by atoms with van der Waals surface area (Å²) in [5.41, 5.74) is 20.6. The van der Waals surface area contributed by atoms with Gasteiger partial charge in [-0.3, -0.25) is 0 Å². The number of rotatable bonds is 2. The molecule has 0 spiro atoms. The van der Waals surface area contributed by atoms with E-state index in [2.05, 4.69) is 197 Å². The molecule has 4 aliphatic rings. The van der Waals surface area contributed by atoms with Gasteiger partial charge in [0, 0.05) is 76.9 Å². The first-order chi connectivity index (χ1) is 33.3. The van der Waals surface area contributed by atoms with Gasteiger partial charge in [0.05, 0.1) is 11.0 Å². The van der Waals surface area contributed by atoms with Gasteiger partial charge in [-0.25, -0.2) is 0 Å². The van der Waals surface area contributed by atoms with Gasteiger partial charge >= 0.3 is 0 Å². The molecule has 0 amide bonds. The zero-order valence-electron chi connectivity index (χ0n) is 35.7. The Bertz CT molecular complexity index is 4290. The molecule has 7 heterocycles. The minimum absolute atomic E-state index is 0.0257. The third-order valence-corrected chi connectivity index (χ3v) is 15.4. The van der Waals surface area contributed by atoms with Crippen LogP contribution in [0, 0.1) is 0 Å². The zero-order chi connectivity index (χ0) is 43.2. The van der Waals surface area contributed by atoms with Crippen LogP contribution in [0.4, 0.5) is 0 Å². The minimum Gasteiger partial charge on any atom is -0.458 e. The fourth-order valence-corrected chi connectivity index (χ4v) is 12.8. The number of benzene rings is 10. The molecule has 0 fully saturated rings. The Morgan fingerprint density at radius 2 is 0.836 bits per heavy atom. The molecule has 0 saturated carbocycles. The number of hydrogen-bond acceptors (Lipinski definition) is 3. The summed E-state index contributed by atoms with van der Waals surface area (Å²) >= 11 is 0. The van der Waals surface area contributed by atoms with Crippen LogP contribution < -0.4 is 42.3 Å². The number of nitrogens with zero attached hydrogens (tertiary/aromatic N) is 2. The molecule has 306 valence electrons. The van der Waals surface area contributed by atoms with Crippen LogP contribution in [0.3, 0.4) is 0 Å². The highest BCUT2D eigenvalue weighted by atomic mass is 16.5. The van der Waals surface area contributed by atoms with Gasteiger partial charge in [-0.1, -0.05) is 146 Å². The number of para-hydroxylation sites is 8. The molecule has 4 aliphatic heterocycles. The lowest BCUT2D eigenvalue weighted by molar-refractivity contribution is 0.465. The smallest absolute Gasteiger partial charge is 0.260 e. The molecule has 0 bridgehead atoms. The standard InChI is InChI=1S/C60H32B2N2O3/c1-5-25-47-35(13-1)37-16-11-23-45-56(37)63(47)49-31-33(32-50-54(49)62(45)46-24-12-17-38-36-14-2-6-26-48(36)64(50)57(38)46)34-15-9-18-39-40-19-10-20-41(59(40)67-58(34)39)42-29-30-53-55-60(42)66-52-28-8-4-22-44(52)61(55)43-21-3-7-27-51(43)65-53/h1-32H. The highest BCUT2D eigenvalue weighted by Crippen LogP contribution is 2.47. The Morgan fingerprint density at radius 1 is 0.343 bits per heavy atom. The summed E-state index contributed by atoms with van der Waals surface area (Å²) in [5.74, 6) is 3.37. The van der Waals surface area contributed by atoms with Crippen LogP contribution in [0.25, 0.3) is 99.2 Å². The molecule has 5 nitrogen and oxygen atoms in total. The van der Waals surface area contributed by atoms with E-state index >= 15 is 0 Å². The number of aromatic nitrogens is 2. The van der Waals surface area contributed by atoms with Crippen molar-refractivity contribution < 1.29 is 13.9 Å². The lowest BCUT2D eigenvalue weighted by atomic mass is 9.34. The summed E-state index contributed by atoms with van der Waals surface area (Å²) in [7, 11) is 0. The first-order valence-corrected chi connectivity index (χ1v) is 23.1. The summed E-state index contributed by atoms with van der Waals surface area (Å²) in [6, 6.07) is 70.6. The fourth-order valence-electron chi connectivity index (χ4n) is 12.8. The highest BCUT2D eigenvalue weighted by molar-refractivity contribution is 7.00. The number of hydrogen-bond donors (Lipinski definition) is 0. The Morgan fingerprint density at radius 3 is 1.49 bits per heavy atom. The van der Waals surface area contributed by atoms with Crippen molar-refractivity contribution in [2.24, 2.45) is 0 Å². The Kier molecular flexibility index (Phi) is 6.30. The van der Waals surface area contributed by atoms with Crippen LogP contribution in [-0.2, 0) is 0 Å². The molecular formula is C60H32B2N2O3. The second kappa shape index (κ2) is 12.2. The molecule has 0 aliphatic carbocycles. The molecule has 10 aromatic carbocycles. The second-order valence-corrected chi connectivity index (χ2v) is 18.6. The molecule has 0 unspecified atom stereocenters. The molecule has 0 saturated heterocycles. The number of fused-ring (bicyclic) bond motifs is 17. The van der Waals surface area contributed by atoms with E-state index in [1.165, 1.54) is 71.4 Å². The van der Waals surface area contributed by atoms with Gasteiger partial charge in [0.15, 0.2) is 0 Å². The minimum atomic E-state index is -0.0257. The van der Waals surface area contributed by atoms with Gasteiger partial charge < -0.3 is 23.0 Å². The van der Waals surface area contributed by atoms with E-state index in [1.54, 1.807) is 0 Å². The summed E-state index contributed by atoms with van der Waals surface area (Å²) in [6.07, 6.45) is 0. The van der Waals surface area contributed by atoms with E-state index in [0.717, 1.165) is 83.6 Å². The predicted molar refractivity (Wildman–Crippen MR) is 276 cm³/mol. The zero-order valence-corrected chi connectivity index (χ0v) is 35.7. The van der Waals surface area contributed by atoms with E-state index < -0.39 is 0 Å². The van der Waals surface area contributed by atoms with Crippen molar-refractivity contribution in [2.45, 2.75) is 0 Å². The van der Waals surface area contributed by atoms with Crippen molar-refractivity contribution in [3.63, 3.8) is 0 Å². The van der Waals surface area contributed by atoms with E-state index in [1.807, 2.05) is 6.07 Å². The van der Waals surface area contributed by atoms with Gasteiger partial charge in [-0.2, -0.15) is 0 Å². The van der Waals surface area contributed by atoms with E-state index in [0.29, 0.717) is 0 Å². The SMILES string of the molecule is c1ccc2c(c1)Oc1ccc(-c3cccc4c3oc3c(-c5cc6c7c(c5)-n5c8ccccc8c8cccc(c85)B7c5cccc7c8ccccc8n-6c57)cccc34)c3c1B2c1ccccc1O3. The van der Waals surface area contributed by atoms with Crippen LogP contribution in [0.15, 0.2) is 199 Å². The molecule has 0 N–H and O–H groups in total.